The SMILES string of the molecule is Cc1cc(=O)n(C(=O)NN2C(=O)CSC2c2ccc([N+](=O)[O-])cc2)c2ccc(Cl)cc12. The Morgan fingerprint density at radius 1 is 1.19 bits per heavy atom. The lowest BCUT2D eigenvalue weighted by Gasteiger charge is -2.25. The van der Waals surface area contributed by atoms with E-state index in [9.17, 15) is 24.5 Å². The molecule has 1 fully saturated rings. The molecule has 31 heavy (non-hydrogen) atoms. The molecule has 0 saturated carbocycles. The number of amides is 2. The normalized spacial score (nSPS) is 16.0. The van der Waals surface area contributed by atoms with Crippen molar-refractivity contribution in [2.75, 3.05) is 5.75 Å². The second-order valence-corrected chi connectivity index (χ2v) is 8.36. The van der Waals surface area contributed by atoms with Gasteiger partial charge in [0.1, 0.15) is 5.37 Å². The monoisotopic (exact) mass is 458 g/mol. The molecule has 158 valence electrons. The van der Waals surface area contributed by atoms with Gasteiger partial charge in [-0.15, -0.1) is 11.8 Å². The first-order chi connectivity index (χ1) is 14.8. The zero-order valence-electron chi connectivity index (χ0n) is 16.1. The number of hydrogen-bond acceptors (Lipinski definition) is 6. The molecule has 9 nitrogen and oxygen atoms in total. The van der Waals surface area contributed by atoms with Crippen LogP contribution < -0.4 is 11.0 Å². The van der Waals surface area contributed by atoms with E-state index < -0.39 is 21.9 Å². The fourth-order valence-corrected chi connectivity index (χ4v) is 4.66. The van der Waals surface area contributed by atoms with Gasteiger partial charge in [0, 0.05) is 28.6 Å². The first kappa shape index (κ1) is 20.9. The lowest BCUT2D eigenvalue weighted by atomic mass is 10.1. The maximum Gasteiger partial charge on any atom is 0.347 e. The van der Waals surface area contributed by atoms with Gasteiger partial charge in [0.05, 0.1) is 16.2 Å². The summed E-state index contributed by atoms with van der Waals surface area (Å²) < 4.78 is 0.946. The Balaban J connectivity index is 1.68. The Hall–Kier alpha value is -3.37. The number of halogens is 1. The van der Waals surface area contributed by atoms with Crippen molar-refractivity contribution in [2.24, 2.45) is 0 Å². The molecule has 2 amide bonds. The number of thioether (sulfide) groups is 1. The fraction of sp³-hybridized carbons (Fsp3) is 0.150. The number of carbonyl (C=O) groups is 2. The van der Waals surface area contributed by atoms with Crippen LogP contribution in [-0.4, -0.2) is 32.2 Å². The molecule has 1 aliphatic heterocycles. The molecule has 4 rings (SSSR count). The third kappa shape index (κ3) is 3.87. The van der Waals surface area contributed by atoms with Gasteiger partial charge in [-0.05, 0) is 48.4 Å². The molecule has 3 aromatic rings. The number of aryl methyl sites for hydroxylation is 1. The Morgan fingerprint density at radius 3 is 2.58 bits per heavy atom. The van der Waals surface area contributed by atoms with Gasteiger partial charge in [-0.2, -0.15) is 0 Å². The predicted molar refractivity (Wildman–Crippen MR) is 117 cm³/mol. The Labute approximate surface area is 184 Å². The van der Waals surface area contributed by atoms with Crippen molar-refractivity contribution in [3.05, 3.63) is 85.1 Å². The van der Waals surface area contributed by atoms with Gasteiger partial charge in [-0.1, -0.05) is 11.6 Å². The Kier molecular flexibility index (Phi) is 5.42. The summed E-state index contributed by atoms with van der Waals surface area (Å²) >= 11 is 7.31. The first-order valence-electron chi connectivity index (χ1n) is 9.07. The summed E-state index contributed by atoms with van der Waals surface area (Å²) in [5, 5.41) is 12.5. The number of hydrazine groups is 1. The number of nitrogens with one attached hydrogen (secondary N) is 1. The van der Waals surface area contributed by atoms with Crippen LogP contribution in [0.4, 0.5) is 10.5 Å². The van der Waals surface area contributed by atoms with Crippen LogP contribution in [0.15, 0.2) is 53.3 Å². The van der Waals surface area contributed by atoms with Crippen molar-refractivity contribution in [3.8, 4) is 0 Å². The molecule has 1 unspecified atom stereocenters. The minimum atomic E-state index is -0.792. The minimum absolute atomic E-state index is 0.0787. The smallest absolute Gasteiger partial charge is 0.272 e. The molecule has 2 heterocycles. The van der Waals surface area contributed by atoms with Gasteiger partial charge in [0.15, 0.2) is 0 Å². The molecule has 0 radical (unpaired) electrons. The zero-order valence-corrected chi connectivity index (χ0v) is 17.6. The van der Waals surface area contributed by atoms with Gasteiger partial charge in [-0.3, -0.25) is 19.7 Å². The average Bonchev–Trinajstić information content (AvgIpc) is 3.08. The van der Waals surface area contributed by atoms with Crippen LogP contribution in [0.25, 0.3) is 10.9 Å². The van der Waals surface area contributed by atoms with Crippen LogP contribution in [0.5, 0.6) is 0 Å². The highest BCUT2D eigenvalue weighted by atomic mass is 35.5. The predicted octanol–water partition coefficient (Wildman–Crippen LogP) is 3.62. The van der Waals surface area contributed by atoms with Gasteiger partial charge >= 0.3 is 6.03 Å². The van der Waals surface area contributed by atoms with Gasteiger partial charge in [-0.25, -0.2) is 19.8 Å². The van der Waals surface area contributed by atoms with Crippen LogP contribution in [-0.2, 0) is 4.79 Å². The van der Waals surface area contributed by atoms with E-state index in [0.717, 1.165) is 9.58 Å². The molecule has 0 bridgehead atoms. The number of nitro benzene ring substituents is 1. The largest absolute Gasteiger partial charge is 0.347 e. The van der Waals surface area contributed by atoms with Crippen molar-refractivity contribution < 1.29 is 14.5 Å². The van der Waals surface area contributed by atoms with E-state index in [4.69, 9.17) is 11.6 Å². The van der Waals surface area contributed by atoms with Gasteiger partial charge in [0.2, 0.25) is 0 Å². The van der Waals surface area contributed by atoms with E-state index in [0.29, 0.717) is 27.1 Å². The highest BCUT2D eigenvalue weighted by Gasteiger charge is 2.35. The van der Waals surface area contributed by atoms with Crippen LogP contribution in [0.1, 0.15) is 16.5 Å². The Bertz CT molecular complexity index is 1290. The van der Waals surface area contributed by atoms with E-state index in [1.54, 1.807) is 25.1 Å². The van der Waals surface area contributed by atoms with Crippen LogP contribution >= 0.6 is 23.4 Å². The van der Waals surface area contributed by atoms with Crippen molar-refractivity contribution in [1.29, 1.82) is 0 Å². The highest BCUT2D eigenvalue weighted by Crippen LogP contribution is 2.37. The number of fused-ring (bicyclic) bond motifs is 1. The topological polar surface area (TPSA) is 115 Å². The van der Waals surface area contributed by atoms with E-state index in [2.05, 4.69) is 5.43 Å². The van der Waals surface area contributed by atoms with E-state index in [1.807, 2.05) is 0 Å². The number of pyridine rings is 1. The summed E-state index contributed by atoms with van der Waals surface area (Å²) in [4.78, 5) is 48.4. The van der Waals surface area contributed by atoms with Crippen molar-refractivity contribution in [2.45, 2.75) is 12.3 Å². The number of benzene rings is 2. The number of nitro groups is 1. The maximum absolute atomic E-state index is 13.0. The summed E-state index contributed by atoms with van der Waals surface area (Å²) in [7, 11) is 0. The van der Waals surface area contributed by atoms with Gasteiger partial charge < -0.3 is 0 Å². The summed E-state index contributed by atoms with van der Waals surface area (Å²) in [6, 6.07) is 11.1. The van der Waals surface area contributed by atoms with E-state index in [-0.39, 0.29) is 17.3 Å². The molecule has 1 saturated heterocycles. The number of carbonyl (C=O) groups excluding carboxylic acids is 2. The molecule has 1 atom stereocenters. The van der Waals surface area contributed by atoms with Crippen molar-refractivity contribution >= 4 is 51.9 Å². The van der Waals surface area contributed by atoms with Crippen LogP contribution in [0, 0.1) is 17.0 Å². The fourth-order valence-electron chi connectivity index (χ4n) is 3.38. The molecule has 0 aliphatic carbocycles. The van der Waals surface area contributed by atoms with E-state index >= 15 is 0 Å². The summed E-state index contributed by atoms with van der Waals surface area (Å²) in [6.07, 6.45) is 0. The molecule has 1 aliphatic rings. The Morgan fingerprint density at radius 2 is 1.90 bits per heavy atom. The summed E-state index contributed by atoms with van der Waals surface area (Å²) in [5.41, 5.74) is 3.53. The lowest BCUT2D eigenvalue weighted by molar-refractivity contribution is -0.384. The highest BCUT2D eigenvalue weighted by molar-refractivity contribution is 8.00. The third-order valence-electron chi connectivity index (χ3n) is 4.86. The van der Waals surface area contributed by atoms with Crippen LogP contribution in [0.2, 0.25) is 5.02 Å². The second kappa shape index (κ2) is 8.05. The zero-order chi connectivity index (χ0) is 22.3. The molecule has 2 aromatic carbocycles. The maximum atomic E-state index is 13.0. The second-order valence-electron chi connectivity index (χ2n) is 6.86. The number of rotatable bonds is 3. The quantitative estimate of drug-likeness (QED) is 0.473. The first-order valence-corrected chi connectivity index (χ1v) is 10.5. The molecular formula is C20H15ClN4O5S. The number of aromatic nitrogens is 1. The summed E-state index contributed by atoms with van der Waals surface area (Å²) in [5.74, 6) is -0.240. The number of hydrogen-bond donors (Lipinski definition) is 1. The molecule has 1 N–H and O–H groups in total. The third-order valence-corrected chi connectivity index (χ3v) is 6.31. The number of non-ortho nitro benzene ring substituents is 1. The average molecular weight is 459 g/mol. The molecular weight excluding hydrogens is 444 g/mol. The minimum Gasteiger partial charge on any atom is -0.272 e. The molecule has 11 heteroatoms. The molecule has 0 spiro atoms. The summed E-state index contributed by atoms with van der Waals surface area (Å²) in [6.45, 7) is 1.74. The lowest BCUT2D eigenvalue weighted by Crippen LogP contribution is -2.48. The van der Waals surface area contributed by atoms with Crippen molar-refractivity contribution in [1.82, 2.24) is 15.0 Å². The standard InChI is InChI=1S/C20H15ClN4O5S/c1-11-8-17(26)23(16-7-4-13(21)9-15(11)16)20(28)22-24-18(27)10-31-19(24)12-2-5-14(6-3-12)25(29)30/h2-9,19H,10H2,1H3,(H,22,28). The van der Waals surface area contributed by atoms with E-state index in [1.165, 1.54) is 42.1 Å². The van der Waals surface area contributed by atoms with Crippen LogP contribution in [0.3, 0.4) is 0 Å². The van der Waals surface area contributed by atoms with Crippen molar-refractivity contribution in [3.63, 3.8) is 0 Å². The van der Waals surface area contributed by atoms with Gasteiger partial charge in [0.25, 0.3) is 17.2 Å². The number of nitrogens with zero attached hydrogens (tertiary/aromatic N) is 3. The molecule has 1 aromatic heterocycles.